The van der Waals surface area contributed by atoms with E-state index in [2.05, 4.69) is 15.5 Å². The highest BCUT2D eigenvalue weighted by atomic mass is 32.1. The van der Waals surface area contributed by atoms with Gasteiger partial charge in [-0.25, -0.2) is 8.78 Å². The van der Waals surface area contributed by atoms with Gasteiger partial charge in [0.15, 0.2) is 5.11 Å². The van der Waals surface area contributed by atoms with Crippen LogP contribution in [0.25, 0.3) is 17.0 Å². The number of nitrogens with one attached hydrogen (secondary N) is 1. The van der Waals surface area contributed by atoms with Crippen molar-refractivity contribution in [2.75, 3.05) is 4.90 Å². The van der Waals surface area contributed by atoms with E-state index in [-0.39, 0.29) is 17.5 Å². The predicted molar refractivity (Wildman–Crippen MR) is 131 cm³/mol. The molecule has 2 heterocycles. The van der Waals surface area contributed by atoms with Crippen LogP contribution in [0.3, 0.4) is 0 Å². The molecule has 0 amide bonds. The zero-order valence-electron chi connectivity index (χ0n) is 18.4. The van der Waals surface area contributed by atoms with Gasteiger partial charge < -0.3 is 9.84 Å². The fourth-order valence-electron chi connectivity index (χ4n) is 4.01. The Hall–Kier alpha value is -3.91. The lowest BCUT2D eigenvalue weighted by molar-refractivity contribution is 0.404. The molecule has 5 nitrogen and oxygen atoms in total. The molecule has 3 aromatic carbocycles. The van der Waals surface area contributed by atoms with Crippen LogP contribution in [-0.4, -0.2) is 15.3 Å². The fraction of sp³-hybridized carbons (Fsp3) is 0.115. The molecule has 1 N–H and O–H groups in total. The number of hydrogen-bond donors (Lipinski definition) is 1. The van der Waals surface area contributed by atoms with Gasteiger partial charge in [0.2, 0.25) is 5.82 Å². The third-order valence-electron chi connectivity index (χ3n) is 5.72. The van der Waals surface area contributed by atoms with Crippen molar-refractivity contribution < 1.29 is 13.3 Å². The van der Waals surface area contributed by atoms with Crippen LogP contribution in [0.2, 0.25) is 0 Å². The maximum absolute atomic E-state index is 14.1. The molecule has 1 aliphatic heterocycles. The average Bonchev–Trinajstić information content (AvgIpc) is 3.30. The molecule has 0 radical (unpaired) electrons. The molecule has 0 aliphatic carbocycles. The zero-order chi connectivity index (χ0) is 23.8. The largest absolute Gasteiger partial charge is 0.351 e. The van der Waals surface area contributed by atoms with E-state index in [1.54, 1.807) is 18.2 Å². The van der Waals surface area contributed by atoms with E-state index >= 15 is 0 Å². The SMILES string of the molecule is CC1=C(c2nc(-c3ccc(F)cc3)no2)C(c2cccc(F)c2)NC(=S)N1c1ccc(C)cc1. The van der Waals surface area contributed by atoms with E-state index < -0.39 is 6.04 Å². The van der Waals surface area contributed by atoms with Gasteiger partial charge >= 0.3 is 0 Å². The van der Waals surface area contributed by atoms with Gasteiger partial charge in [-0.05, 0) is 80.2 Å². The first-order chi connectivity index (χ1) is 16.4. The lowest BCUT2D eigenvalue weighted by Crippen LogP contribution is -2.46. The summed E-state index contributed by atoms with van der Waals surface area (Å²) in [6.07, 6.45) is 0. The summed E-state index contributed by atoms with van der Waals surface area (Å²) in [7, 11) is 0. The number of halogens is 2. The van der Waals surface area contributed by atoms with Crippen molar-refractivity contribution in [2.45, 2.75) is 19.9 Å². The lowest BCUT2D eigenvalue weighted by atomic mass is 9.94. The van der Waals surface area contributed by atoms with Crippen molar-refractivity contribution in [1.82, 2.24) is 15.5 Å². The fourth-order valence-corrected chi connectivity index (χ4v) is 4.37. The van der Waals surface area contributed by atoms with E-state index in [9.17, 15) is 8.78 Å². The van der Waals surface area contributed by atoms with E-state index in [0.717, 1.165) is 16.9 Å². The lowest BCUT2D eigenvalue weighted by Gasteiger charge is -2.37. The van der Waals surface area contributed by atoms with Gasteiger partial charge in [0.25, 0.3) is 5.89 Å². The second kappa shape index (κ2) is 8.79. The number of aryl methyl sites for hydroxylation is 1. The predicted octanol–water partition coefficient (Wildman–Crippen LogP) is 6.19. The molecule has 0 bridgehead atoms. The van der Waals surface area contributed by atoms with Gasteiger partial charge in [-0.2, -0.15) is 4.98 Å². The number of rotatable bonds is 4. The number of allylic oxidation sites excluding steroid dienone is 1. The minimum atomic E-state index is -0.508. The van der Waals surface area contributed by atoms with Crippen LogP contribution >= 0.6 is 12.2 Å². The number of nitrogens with zero attached hydrogens (tertiary/aromatic N) is 3. The Morgan fingerprint density at radius 3 is 2.38 bits per heavy atom. The van der Waals surface area contributed by atoms with Gasteiger partial charge in [-0.1, -0.05) is 35.0 Å². The van der Waals surface area contributed by atoms with Crippen LogP contribution in [0.4, 0.5) is 14.5 Å². The number of thiocarbonyl (C=S) groups is 1. The molecule has 1 aromatic heterocycles. The Labute approximate surface area is 200 Å². The van der Waals surface area contributed by atoms with Crippen LogP contribution in [0, 0.1) is 18.6 Å². The summed E-state index contributed by atoms with van der Waals surface area (Å²) in [4.78, 5) is 6.48. The van der Waals surface area contributed by atoms with Crippen LogP contribution < -0.4 is 10.2 Å². The van der Waals surface area contributed by atoms with Crippen molar-refractivity contribution in [1.29, 1.82) is 0 Å². The van der Waals surface area contributed by atoms with Crippen molar-refractivity contribution in [3.63, 3.8) is 0 Å². The highest BCUT2D eigenvalue weighted by Crippen LogP contribution is 2.39. The van der Waals surface area contributed by atoms with Crippen LogP contribution in [0.1, 0.15) is 30.0 Å². The van der Waals surface area contributed by atoms with Gasteiger partial charge in [-0.3, -0.25) is 4.90 Å². The Balaban J connectivity index is 1.65. The molecule has 1 aliphatic rings. The number of anilines is 1. The first-order valence-electron chi connectivity index (χ1n) is 10.6. The smallest absolute Gasteiger partial charge is 0.258 e. The number of hydrogen-bond acceptors (Lipinski definition) is 4. The molecule has 1 unspecified atom stereocenters. The molecule has 0 fully saturated rings. The Kier molecular flexibility index (Phi) is 5.67. The molecule has 1 atom stereocenters. The van der Waals surface area contributed by atoms with Gasteiger partial charge in [0.1, 0.15) is 11.6 Å². The quantitative estimate of drug-likeness (QED) is 0.356. The van der Waals surface area contributed by atoms with Crippen LogP contribution in [0.5, 0.6) is 0 Å². The standard InChI is InChI=1S/C26H20F2N4OS/c1-15-6-12-21(13-7-15)32-16(2)22(23(29-26(32)34)18-4-3-5-20(28)14-18)25-30-24(31-33-25)17-8-10-19(27)11-9-17/h3-14,23H,1-2H3,(H,29,34). The van der Waals surface area contributed by atoms with E-state index in [1.165, 1.54) is 24.3 Å². The van der Waals surface area contributed by atoms with Gasteiger partial charge in [-0.15, -0.1) is 0 Å². The summed E-state index contributed by atoms with van der Waals surface area (Å²) in [6.45, 7) is 3.93. The summed E-state index contributed by atoms with van der Waals surface area (Å²) in [5, 5.41) is 7.89. The second-order valence-electron chi connectivity index (χ2n) is 8.04. The first-order valence-corrected chi connectivity index (χ1v) is 11.0. The highest BCUT2D eigenvalue weighted by Gasteiger charge is 2.35. The highest BCUT2D eigenvalue weighted by molar-refractivity contribution is 7.80. The number of benzene rings is 3. The first kappa shape index (κ1) is 21.9. The van der Waals surface area contributed by atoms with Crippen LogP contribution in [-0.2, 0) is 0 Å². The van der Waals surface area contributed by atoms with Crippen LogP contribution in [0.15, 0.2) is 83.0 Å². The molecule has 5 rings (SSSR count). The van der Waals surface area contributed by atoms with Gasteiger partial charge in [0, 0.05) is 16.9 Å². The van der Waals surface area contributed by atoms with Crippen molar-refractivity contribution >= 4 is 28.6 Å². The molecule has 0 saturated heterocycles. The third kappa shape index (κ3) is 4.08. The normalized spacial score (nSPS) is 16.1. The molecule has 170 valence electrons. The number of aromatic nitrogens is 2. The average molecular weight is 475 g/mol. The summed E-state index contributed by atoms with van der Waals surface area (Å²) in [5.41, 5.74) is 4.72. The molecular formula is C26H20F2N4OS. The van der Waals surface area contributed by atoms with E-state index in [0.29, 0.717) is 27.6 Å². The summed E-state index contributed by atoms with van der Waals surface area (Å²) in [5.74, 6) is -0.127. The molecule has 0 spiro atoms. The summed E-state index contributed by atoms with van der Waals surface area (Å²) in [6, 6.07) is 19.6. The van der Waals surface area contributed by atoms with Crippen molar-refractivity contribution in [3.8, 4) is 11.4 Å². The minimum absolute atomic E-state index is 0.262. The molecule has 4 aromatic rings. The van der Waals surface area contributed by atoms with E-state index in [4.69, 9.17) is 16.7 Å². The third-order valence-corrected chi connectivity index (χ3v) is 6.02. The summed E-state index contributed by atoms with van der Waals surface area (Å²) >= 11 is 5.71. The topological polar surface area (TPSA) is 54.2 Å². The van der Waals surface area contributed by atoms with Gasteiger partial charge in [0.05, 0.1) is 11.6 Å². The maximum Gasteiger partial charge on any atom is 0.258 e. The summed E-state index contributed by atoms with van der Waals surface area (Å²) < 4.78 is 33.1. The minimum Gasteiger partial charge on any atom is -0.351 e. The second-order valence-corrected chi connectivity index (χ2v) is 8.42. The Bertz CT molecular complexity index is 1400. The Morgan fingerprint density at radius 2 is 1.68 bits per heavy atom. The van der Waals surface area contributed by atoms with E-state index in [1.807, 2.05) is 49.1 Å². The Morgan fingerprint density at radius 1 is 0.941 bits per heavy atom. The van der Waals surface area contributed by atoms with Crippen molar-refractivity contribution in [2.24, 2.45) is 0 Å². The zero-order valence-corrected chi connectivity index (χ0v) is 19.2. The molecule has 8 heteroatoms. The maximum atomic E-state index is 14.1. The molecular weight excluding hydrogens is 454 g/mol. The van der Waals surface area contributed by atoms with Crippen molar-refractivity contribution in [3.05, 3.63) is 107 Å². The molecule has 34 heavy (non-hydrogen) atoms. The monoisotopic (exact) mass is 474 g/mol. The molecule has 0 saturated carbocycles.